The van der Waals surface area contributed by atoms with Gasteiger partial charge >= 0.3 is 0 Å². The molecule has 0 spiro atoms. The van der Waals surface area contributed by atoms with Crippen LogP contribution in [0.2, 0.25) is 0 Å². The summed E-state index contributed by atoms with van der Waals surface area (Å²) < 4.78 is 32.8. The number of anilines is 1. The van der Waals surface area contributed by atoms with Crippen molar-refractivity contribution in [3.63, 3.8) is 0 Å². The number of fused-ring (bicyclic) bond motifs is 1. The standard InChI is InChI=1S/C20H27ClN2O4S/c1-4-16(21)9-10-17-15(2)28(25,26)23(3)19-8-6-5-7-18(19)20(17)22-11-13-27-14-12-24/h4-10,20,22,24H,11-14H2,1-3H3/b10-9-,16-4+. The molecular formula is C20H27ClN2O4S. The highest BCUT2D eigenvalue weighted by atomic mass is 35.5. The number of benzene rings is 1. The molecule has 154 valence electrons. The number of halogens is 1. The summed E-state index contributed by atoms with van der Waals surface area (Å²) in [5, 5.41) is 12.7. The van der Waals surface area contributed by atoms with E-state index in [9.17, 15) is 8.42 Å². The second-order valence-corrected chi connectivity index (χ2v) is 8.82. The molecule has 1 heterocycles. The lowest BCUT2D eigenvalue weighted by molar-refractivity contribution is 0.0931. The van der Waals surface area contributed by atoms with Crippen LogP contribution in [-0.4, -0.2) is 46.9 Å². The lowest BCUT2D eigenvalue weighted by Crippen LogP contribution is -2.27. The van der Waals surface area contributed by atoms with Crippen LogP contribution in [0.5, 0.6) is 0 Å². The van der Waals surface area contributed by atoms with Crippen LogP contribution in [0.3, 0.4) is 0 Å². The molecule has 0 bridgehead atoms. The van der Waals surface area contributed by atoms with Gasteiger partial charge in [-0.3, -0.25) is 4.31 Å². The van der Waals surface area contributed by atoms with Gasteiger partial charge in [0.05, 0.1) is 36.5 Å². The summed E-state index contributed by atoms with van der Waals surface area (Å²) in [5.74, 6) is 0. The Kier molecular flexibility index (Phi) is 8.27. The Morgan fingerprint density at radius 3 is 2.75 bits per heavy atom. The highest BCUT2D eigenvalue weighted by Crippen LogP contribution is 2.39. The Morgan fingerprint density at radius 2 is 2.07 bits per heavy atom. The maximum atomic E-state index is 13.1. The van der Waals surface area contributed by atoms with Crippen molar-refractivity contribution >= 4 is 27.3 Å². The number of nitrogens with one attached hydrogen (secondary N) is 1. The molecular weight excluding hydrogens is 400 g/mol. The van der Waals surface area contributed by atoms with Crippen molar-refractivity contribution in [3.05, 3.63) is 63.6 Å². The van der Waals surface area contributed by atoms with Crippen LogP contribution in [0.4, 0.5) is 5.69 Å². The number of hydrogen-bond acceptors (Lipinski definition) is 5. The van der Waals surface area contributed by atoms with Gasteiger partial charge in [0.25, 0.3) is 10.0 Å². The van der Waals surface area contributed by atoms with Gasteiger partial charge in [-0.25, -0.2) is 8.42 Å². The number of ether oxygens (including phenoxy) is 1. The number of allylic oxidation sites excluding steroid dienone is 4. The van der Waals surface area contributed by atoms with E-state index < -0.39 is 10.0 Å². The van der Waals surface area contributed by atoms with Crippen molar-refractivity contribution in [1.29, 1.82) is 0 Å². The first-order chi connectivity index (χ1) is 13.3. The second-order valence-electron chi connectivity index (χ2n) is 6.27. The SMILES string of the molecule is C/C=C(Cl)\C=C/C1=C(C)S(=O)(=O)N(C)c2ccccc2C1NCCOCCO. The van der Waals surface area contributed by atoms with Gasteiger partial charge in [0.1, 0.15) is 0 Å². The van der Waals surface area contributed by atoms with E-state index in [2.05, 4.69) is 5.32 Å². The molecule has 1 aromatic rings. The molecule has 6 nitrogen and oxygen atoms in total. The highest BCUT2D eigenvalue weighted by molar-refractivity contribution is 7.96. The fourth-order valence-corrected chi connectivity index (χ4v) is 4.40. The molecule has 1 aliphatic heterocycles. The molecule has 0 saturated heterocycles. The molecule has 0 amide bonds. The summed E-state index contributed by atoms with van der Waals surface area (Å²) in [7, 11) is -2.11. The lowest BCUT2D eigenvalue weighted by atomic mass is 9.96. The van der Waals surface area contributed by atoms with E-state index in [1.807, 2.05) is 25.1 Å². The smallest absolute Gasteiger partial charge is 0.260 e. The van der Waals surface area contributed by atoms with Gasteiger partial charge < -0.3 is 15.2 Å². The third-order valence-electron chi connectivity index (χ3n) is 4.58. The minimum absolute atomic E-state index is 0.0375. The average molecular weight is 427 g/mol. The summed E-state index contributed by atoms with van der Waals surface area (Å²) >= 11 is 6.11. The Balaban J connectivity index is 2.53. The zero-order valence-electron chi connectivity index (χ0n) is 16.4. The minimum Gasteiger partial charge on any atom is -0.394 e. The fraction of sp³-hybridized carbons (Fsp3) is 0.400. The summed E-state index contributed by atoms with van der Waals surface area (Å²) in [6.07, 6.45) is 5.18. The predicted octanol–water partition coefficient (Wildman–Crippen LogP) is 3.08. The molecule has 1 atom stereocenters. The van der Waals surface area contributed by atoms with Gasteiger partial charge in [-0.1, -0.05) is 42.0 Å². The average Bonchev–Trinajstić information content (AvgIpc) is 2.75. The number of aliphatic hydroxyl groups excluding tert-OH is 1. The number of rotatable bonds is 8. The maximum absolute atomic E-state index is 13.1. The number of aliphatic hydroxyl groups is 1. The van der Waals surface area contributed by atoms with E-state index in [0.29, 0.717) is 29.4 Å². The largest absolute Gasteiger partial charge is 0.394 e. The van der Waals surface area contributed by atoms with Gasteiger partial charge in [0.15, 0.2) is 0 Å². The van der Waals surface area contributed by atoms with E-state index in [-0.39, 0.29) is 24.2 Å². The number of sulfonamides is 1. The molecule has 28 heavy (non-hydrogen) atoms. The van der Waals surface area contributed by atoms with Crippen LogP contribution < -0.4 is 9.62 Å². The number of para-hydroxylation sites is 1. The topological polar surface area (TPSA) is 78.9 Å². The second kappa shape index (κ2) is 10.2. The van der Waals surface area contributed by atoms with Crippen molar-refractivity contribution in [3.8, 4) is 0 Å². The van der Waals surface area contributed by atoms with Gasteiger partial charge in [-0.05, 0) is 37.1 Å². The Hall–Kier alpha value is -1.64. The fourth-order valence-electron chi connectivity index (χ4n) is 3.01. The minimum atomic E-state index is -3.67. The zero-order chi connectivity index (χ0) is 20.7. The normalized spacial score (nSPS) is 19.8. The van der Waals surface area contributed by atoms with Crippen molar-refractivity contribution in [2.45, 2.75) is 19.9 Å². The summed E-state index contributed by atoms with van der Waals surface area (Å²) in [6.45, 7) is 4.54. The lowest BCUT2D eigenvalue weighted by Gasteiger charge is -2.23. The molecule has 2 rings (SSSR count). The van der Waals surface area contributed by atoms with Gasteiger partial charge in [-0.2, -0.15) is 0 Å². The first-order valence-corrected chi connectivity index (χ1v) is 10.9. The van der Waals surface area contributed by atoms with Gasteiger partial charge in [-0.15, -0.1) is 0 Å². The molecule has 0 aromatic heterocycles. The van der Waals surface area contributed by atoms with Crippen LogP contribution in [0.1, 0.15) is 25.5 Å². The monoisotopic (exact) mass is 426 g/mol. The van der Waals surface area contributed by atoms with E-state index >= 15 is 0 Å². The molecule has 0 saturated carbocycles. The number of hydrogen-bond donors (Lipinski definition) is 2. The first kappa shape index (κ1) is 22.6. The molecule has 2 N–H and O–H groups in total. The van der Waals surface area contributed by atoms with E-state index in [1.54, 1.807) is 38.3 Å². The summed E-state index contributed by atoms with van der Waals surface area (Å²) in [6, 6.07) is 7.06. The molecule has 1 aliphatic rings. The van der Waals surface area contributed by atoms with Gasteiger partial charge in [0, 0.05) is 18.6 Å². The summed E-state index contributed by atoms with van der Waals surface area (Å²) in [5.41, 5.74) is 2.10. The van der Waals surface area contributed by atoms with Gasteiger partial charge in [0.2, 0.25) is 0 Å². The molecule has 0 radical (unpaired) electrons. The number of nitrogens with zero attached hydrogens (tertiary/aromatic N) is 1. The van der Waals surface area contributed by atoms with Crippen molar-refractivity contribution in [2.24, 2.45) is 0 Å². The molecule has 8 heteroatoms. The Morgan fingerprint density at radius 1 is 1.36 bits per heavy atom. The zero-order valence-corrected chi connectivity index (χ0v) is 17.9. The quantitative estimate of drug-likeness (QED) is 0.493. The van der Waals surface area contributed by atoms with E-state index in [0.717, 1.165) is 5.56 Å². The molecule has 1 aromatic carbocycles. The molecule has 0 fully saturated rings. The van der Waals surface area contributed by atoms with Crippen molar-refractivity contribution < 1.29 is 18.3 Å². The molecule has 0 aliphatic carbocycles. The van der Waals surface area contributed by atoms with E-state index in [4.69, 9.17) is 21.4 Å². The van der Waals surface area contributed by atoms with Crippen LogP contribution in [-0.2, 0) is 14.8 Å². The van der Waals surface area contributed by atoms with E-state index in [1.165, 1.54) is 4.31 Å². The van der Waals surface area contributed by atoms with Crippen LogP contribution in [0, 0.1) is 0 Å². The maximum Gasteiger partial charge on any atom is 0.260 e. The van der Waals surface area contributed by atoms with Crippen molar-refractivity contribution in [1.82, 2.24) is 5.32 Å². The summed E-state index contributed by atoms with van der Waals surface area (Å²) in [4.78, 5) is 0.261. The first-order valence-electron chi connectivity index (χ1n) is 9.05. The van der Waals surface area contributed by atoms with Crippen molar-refractivity contribution in [2.75, 3.05) is 37.7 Å². The highest BCUT2D eigenvalue weighted by Gasteiger charge is 2.33. The third-order valence-corrected chi connectivity index (χ3v) is 6.85. The van der Waals surface area contributed by atoms with Crippen LogP contribution in [0.25, 0.3) is 0 Å². The van der Waals surface area contributed by atoms with Crippen LogP contribution >= 0.6 is 11.6 Å². The Labute approximate surface area is 172 Å². The Bertz CT molecular complexity index is 878. The predicted molar refractivity (Wildman–Crippen MR) is 114 cm³/mol. The third kappa shape index (κ3) is 5.04. The van der Waals surface area contributed by atoms with Crippen LogP contribution in [0.15, 0.2) is 58.0 Å². The molecule has 1 unspecified atom stereocenters.